The van der Waals surface area contributed by atoms with Crippen LogP contribution in [-0.2, 0) is 0 Å². The lowest BCUT2D eigenvalue weighted by Crippen LogP contribution is -2.30. The third-order valence-corrected chi connectivity index (χ3v) is 5.83. The Kier molecular flexibility index (Phi) is 3.66. The van der Waals surface area contributed by atoms with Gasteiger partial charge in [0, 0.05) is 16.5 Å². The number of benzene rings is 2. The van der Waals surface area contributed by atoms with Gasteiger partial charge in [-0.25, -0.2) is 0 Å². The van der Waals surface area contributed by atoms with Gasteiger partial charge < -0.3 is 5.32 Å². The van der Waals surface area contributed by atoms with Crippen LogP contribution in [0.25, 0.3) is 0 Å². The average molecular weight is 344 g/mol. The average Bonchev–Trinajstić information content (AvgIpc) is 3.02. The normalized spacial score (nSPS) is 25.0. The van der Waals surface area contributed by atoms with Crippen LogP contribution >= 0.6 is 23.2 Å². The molecule has 4 rings (SSSR count). The largest absolute Gasteiger partial charge is 0.376 e. The van der Waals surface area contributed by atoms with Crippen LogP contribution in [0.4, 0.5) is 5.69 Å². The molecule has 1 aliphatic heterocycles. The molecular formula is C20H19Cl2N. The molecule has 0 unspecified atom stereocenters. The molecule has 3 heteroatoms. The van der Waals surface area contributed by atoms with Crippen molar-refractivity contribution >= 4 is 28.9 Å². The number of hydrogen-bond donors (Lipinski definition) is 1. The topological polar surface area (TPSA) is 12.0 Å². The summed E-state index contributed by atoms with van der Waals surface area (Å²) in [7, 11) is 0. The van der Waals surface area contributed by atoms with Crippen molar-refractivity contribution in [2.75, 3.05) is 5.32 Å². The second-order valence-electron chi connectivity index (χ2n) is 6.65. The summed E-state index contributed by atoms with van der Waals surface area (Å²) in [6, 6.07) is 10.7. The van der Waals surface area contributed by atoms with Crippen LogP contribution in [-0.4, -0.2) is 0 Å². The van der Waals surface area contributed by atoms with Gasteiger partial charge in [0.2, 0.25) is 0 Å². The Morgan fingerprint density at radius 3 is 2.65 bits per heavy atom. The van der Waals surface area contributed by atoms with E-state index in [1.54, 1.807) is 0 Å². The summed E-state index contributed by atoms with van der Waals surface area (Å²) in [6.07, 6.45) is 5.64. The number of anilines is 1. The van der Waals surface area contributed by atoms with Crippen LogP contribution in [0.3, 0.4) is 0 Å². The molecule has 2 aromatic carbocycles. The van der Waals surface area contributed by atoms with E-state index < -0.39 is 0 Å². The fraction of sp³-hybridized carbons (Fsp3) is 0.300. The SMILES string of the molecule is Cc1ccc(C)c([C@@H]2Nc3c(Cl)ccc(Cl)c3[C@@H]3C=CC[C@@H]32)c1. The van der Waals surface area contributed by atoms with E-state index in [1.165, 1.54) is 16.7 Å². The maximum Gasteiger partial charge on any atom is 0.0641 e. The Hall–Kier alpha value is -1.44. The van der Waals surface area contributed by atoms with Crippen LogP contribution in [0.2, 0.25) is 10.0 Å². The van der Waals surface area contributed by atoms with Crippen molar-refractivity contribution in [3.05, 3.63) is 74.8 Å². The molecule has 1 N–H and O–H groups in total. The van der Waals surface area contributed by atoms with E-state index in [0.29, 0.717) is 11.8 Å². The van der Waals surface area contributed by atoms with Crippen LogP contribution in [0.5, 0.6) is 0 Å². The van der Waals surface area contributed by atoms with E-state index in [2.05, 4.69) is 49.5 Å². The molecule has 0 spiro atoms. The van der Waals surface area contributed by atoms with Gasteiger partial charge in [0.05, 0.1) is 16.8 Å². The van der Waals surface area contributed by atoms with Gasteiger partial charge in [0.15, 0.2) is 0 Å². The number of allylic oxidation sites excluding steroid dienone is 2. The lowest BCUT2D eigenvalue weighted by molar-refractivity contribution is 0.424. The van der Waals surface area contributed by atoms with E-state index in [9.17, 15) is 0 Å². The Morgan fingerprint density at radius 1 is 1.04 bits per heavy atom. The van der Waals surface area contributed by atoms with E-state index in [1.807, 2.05) is 12.1 Å². The molecule has 0 amide bonds. The second kappa shape index (κ2) is 5.58. The second-order valence-corrected chi connectivity index (χ2v) is 7.47. The van der Waals surface area contributed by atoms with Crippen molar-refractivity contribution in [1.82, 2.24) is 0 Å². The van der Waals surface area contributed by atoms with Crippen molar-refractivity contribution in [3.8, 4) is 0 Å². The number of halogens is 2. The van der Waals surface area contributed by atoms with Crippen molar-refractivity contribution in [2.24, 2.45) is 5.92 Å². The minimum absolute atomic E-state index is 0.262. The maximum absolute atomic E-state index is 6.50. The van der Waals surface area contributed by atoms with Gasteiger partial charge in [0.25, 0.3) is 0 Å². The Balaban J connectivity index is 1.88. The highest BCUT2D eigenvalue weighted by Gasteiger charge is 2.40. The van der Waals surface area contributed by atoms with Crippen molar-refractivity contribution < 1.29 is 0 Å². The van der Waals surface area contributed by atoms with Crippen LogP contribution < -0.4 is 5.32 Å². The highest BCUT2D eigenvalue weighted by Crippen LogP contribution is 2.53. The number of nitrogens with one attached hydrogen (secondary N) is 1. The molecule has 118 valence electrons. The standard InChI is InChI=1S/C20H19Cl2N/c1-11-6-7-12(2)15(10-11)19-14-5-3-4-13(14)18-16(21)8-9-17(22)20(18)23-19/h3-4,6-10,13-14,19,23H,5H2,1-2H3/t13-,14+,19-/m1/s1. The monoisotopic (exact) mass is 343 g/mol. The molecule has 0 radical (unpaired) electrons. The Bertz CT molecular complexity index is 810. The number of rotatable bonds is 1. The molecule has 0 fully saturated rings. The van der Waals surface area contributed by atoms with E-state index in [-0.39, 0.29) is 6.04 Å². The maximum atomic E-state index is 6.50. The van der Waals surface area contributed by atoms with E-state index >= 15 is 0 Å². The smallest absolute Gasteiger partial charge is 0.0641 e. The quantitative estimate of drug-likeness (QED) is 0.587. The molecule has 3 atom stereocenters. The van der Waals surface area contributed by atoms with Gasteiger partial charge in [-0.15, -0.1) is 0 Å². The fourth-order valence-electron chi connectivity index (χ4n) is 4.03. The van der Waals surface area contributed by atoms with Crippen molar-refractivity contribution in [2.45, 2.75) is 32.2 Å². The number of aryl methyl sites for hydroxylation is 2. The minimum Gasteiger partial charge on any atom is -0.376 e. The fourth-order valence-corrected chi connectivity index (χ4v) is 4.53. The van der Waals surface area contributed by atoms with Gasteiger partial charge in [-0.05, 0) is 49.4 Å². The van der Waals surface area contributed by atoms with Gasteiger partial charge >= 0.3 is 0 Å². The first-order valence-electron chi connectivity index (χ1n) is 8.04. The molecule has 1 heterocycles. The first-order valence-corrected chi connectivity index (χ1v) is 8.80. The molecule has 0 bridgehead atoms. The Morgan fingerprint density at radius 2 is 1.83 bits per heavy atom. The number of fused-ring (bicyclic) bond motifs is 3. The molecule has 0 saturated heterocycles. The zero-order valence-corrected chi connectivity index (χ0v) is 14.7. The lowest BCUT2D eigenvalue weighted by Gasteiger charge is -2.39. The first kappa shape index (κ1) is 15.1. The predicted octanol–water partition coefficient (Wildman–Crippen LogP) is 6.44. The molecule has 0 saturated carbocycles. The molecule has 0 aromatic heterocycles. The zero-order valence-electron chi connectivity index (χ0n) is 13.2. The molecule has 1 aliphatic carbocycles. The number of hydrogen-bond acceptors (Lipinski definition) is 1. The Labute approximate surface area is 147 Å². The van der Waals surface area contributed by atoms with E-state index in [4.69, 9.17) is 23.2 Å². The third-order valence-electron chi connectivity index (χ3n) is 5.19. The molecule has 23 heavy (non-hydrogen) atoms. The van der Waals surface area contributed by atoms with Crippen LogP contribution in [0.15, 0.2) is 42.5 Å². The van der Waals surface area contributed by atoms with E-state index in [0.717, 1.165) is 27.7 Å². The lowest BCUT2D eigenvalue weighted by atomic mass is 9.76. The summed E-state index contributed by atoms with van der Waals surface area (Å²) >= 11 is 13.0. The van der Waals surface area contributed by atoms with Gasteiger partial charge in [-0.3, -0.25) is 0 Å². The van der Waals surface area contributed by atoms with Gasteiger partial charge in [-0.1, -0.05) is 59.1 Å². The summed E-state index contributed by atoms with van der Waals surface area (Å²) in [6.45, 7) is 4.33. The summed E-state index contributed by atoms with van der Waals surface area (Å²) in [5.41, 5.74) is 6.13. The van der Waals surface area contributed by atoms with Gasteiger partial charge in [-0.2, -0.15) is 0 Å². The summed E-state index contributed by atoms with van der Waals surface area (Å²) < 4.78 is 0. The summed E-state index contributed by atoms with van der Waals surface area (Å²) in [5.74, 6) is 0.821. The minimum atomic E-state index is 0.262. The molecular weight excluding hydrogens is 325 g/mol. The van der Waals surface area contributed by atoms with Crippen LogP contribution in [0.1, 0.15) is 40.6 Å². The van der Waals surface area contributed by atoms with Gasteiger partial charge in [0.1, 0.15) is 0 Å². The van der Waals surface area contributed by atoms with Crippen LogP contribution in [0, 0.1) is 19.8 Å². The molecule has 2 aromatic rings. The summed E-state index contributed by atoms with van der Waals surface area (Å²) in [5, 5.41) is 5.26. The first-order chi connectivity index (χ1) is 11.1. The summed E-state index contributed by atoms with van der Waals surface area (Å²) in [4.78, 5) is 0. The molecule has 2 aliphatic rings. The zero-order chi connectivity index (χ0) is 16.1. The predicted molar refractivity (Wildman–Crippen MR) is 98.7 cm³/mol. The highest BCUT2D eigenvalue weighted by atomic mass is 35.5. The molecule has 1 nitrogen and oxygen atoms in total. The van der Waals surface area contributed by atoms with Crippen molar-refractivity contribution in [1.29, 1.82) is 0 Å². The van der Waals surface area contributed by atoms with Crippen molar-refractivity contribution in [3.63, 3.8) is 0 Å². The third kappa shape index (κ3) is 2.38. The highest BCUT2D eigenvalue weighted by molar-refractivity contribution is 6.36.